The molecule has 7 heteroatoms. The van der Waals surface area contributed by atoms with E-state index in [0.717, 1.165) is 9.13 Å². The van der Waals surface area contributed by atoms with Crippen LogP contribution in [-0.2, 0) is 0 Å². The van der Waals surface area contributed by atoms with E-state index in [2.05, 4.69) is 47.9 Å². The Hall–Kier alpha value is -0.830. The zero-order chi connectivity index (χ0) is 12.7. The molecular weight excluding hydrogens is 405 g/mol. The molecule has 0 saturated heterocycles. The molecule has 17 heavy (non-hydrogen) atoms. The quantitative estimate of drug-likeness (QED) is 0.730. The largest absolute Gasteiger partial charge is 0.493 e. The monoisotopic (exact) mass is 411 g/mol. The molecule has 0 amide bonds. The predicted molar refractivity (Wildman–Crippen MR) is 74.8 cm³/mol. The molecule has 1 N–H and O–H groups in total. The van der Waals surface area contributed by atoms with Gasteiger partial charge in [-0.1, -0.05) is 0 Å². The van der Waals surface area contributed by atoms with Gasteiger partial charge in [-0.25, -0.2) is 9.59 Å². The first-order valence-electron chi connectivity index (χ1n) is 4.56. The second-order valence-electron chi connectivity index (χ2n) is 3.34. The highest BCUT2D eigenvalue weighted by Gasteiger charge is 2.18. The van der Waals surface area contributed by atoms with E-state index in [1.165, 1.54) is 7.11 Å². The van der Waals surface area contributed by atoms with E-state index in [0.29, 0.717) is 21.1 Å². The molecule has 0 fully saturated rings. The minimum Gasteiger partial charge on any atom is -0.493 e. The van der Waals surface area contributed by atoms with Gasteiger partial charge in [0.15, 0.2) is 5.75 Å². The number of aromatic nitrogens is 1. The van der Waals surface area contributed by atoms with Crippen LogP contribution in [0.3, 0.4) is 0 Å². The summed E-state index contributed by atoms with van der Waals surface area (Å²) in [5.41, 5.74) is 0.418. The van der Waals surface area contributed by atoms with E-state index in [-0.39, 0.29) is 0 Å². The van der Waals surface area contributed by atoms with Gasteiger partial charge in [-0.2, -0.15) is 0 Å². The molecular formula is C10H7BrINO4. The number of nitrogens with one attached hydrogen (secondary N) is 1. The Kier molecular flexibility index (Phi) is 3.30. The highest BCUT2D eigenvalue weighted by molar-refractivity contribution is 14.1. The van der Waals surface area contributed by atoms with Gasteiger partial charge in [0.05, 0.1) is 17.0 Å². The van der Waals surface area contributed by atoms with Crippen molar-refractivity contribution >= 4 is 49.4 Å². The maximum Gasteiger partial charge on any atom is 0.419 e. The minimum atomic E-state index is -0.798. The van der Waals surface area contributed by atoms with Crippen LogP contribution in [0.2, 0.25) is 0 Å². The molecule has 0 aliphatic heterocycles. The lowest BCUT2D eigenvalue weighted by Gasteiger charge is -2.11. The number of rotatable bonds is 1. The van der Waals surface area contributed by atoms with Crippen LogP contribution >= 0.6 is 38.5 Å². The highest BCUT2D eigenvalue weighted by atomic mass is 127. The Morgan fingerprint density at radius 2 is 2.06 bits per heavy atom. The summed E-state index contributed by atoms with van der Waals surface area (Å²) < 4.78 is 11.3. The Labute approximate surface area is 117 Å². The molecule has 0 saturated carbocycles. The Bertz CT molecular complexity index is 719. The van der Waals surface area contributed by atoms with Gasteiger partial charge in [-0.15, -0.1) is 0 Å². The molecule has 1 aromatic heterocycles. The number of hydrogen-bond acceptors (Lipinski definition) is 4. The van der Waals surface area contributed by atoms with Crippen molar-refractivity contribution in [2.75, 3.05) is 7.11 Å². The van der Waals surface area contributed by atoms with Gasteiger partial charge in [-0.05, 0) is 51.0 Å². The third-order valence-corrected chi connectivity index (χ3v) is 5.24. The van der Waals surface area contributed by atoms with Crippen LogP contribution in [0.1, 0.15) is 5.56 Å². The molecule has 2 aromatic rings. The van der Waals surface area contributed by atoms with Gasteiger partial charge >= 0.3 is 11.4 Å². The van der Waals surface area contributed by atoms with E-state index >= 15 is 0 Å². The minimum absolute atomic E-state index is 0.328. The van der Waals surface area contributed by atoms with E-state index in [1.807, 2.05) is 0 Å². The Morgan fingerprint density at radius 1 is 1.41 bits per heavy atom. The molecule has 0 spiro atoms. The SMILES string of the molecule is COc1c(Br)c(I)c(C)c2c(=O)oc(=O)[nH]c12. The second kappa shape index (κ2) is 4.45. The number of fused-ring (bicyclic) bond motifs is 1. The maximum absolute atomic E-state index is 11.7. The molecule has 5 nitrogen and oxygen atoms in total. The molecule has 1 aromatic carbocycles. The Balaban J connectivity index is 3.18. The summed E-state index contributed by atoms with van der Waals surface area (Å²) in [5.74, 6) is -0.381. The van der Waals surface area contributed by atoms with Gasteiger partial charge in [0.1, 0.15) is 5.52 Å². The zero-order valence-electron chi connectivity index (χ0n) is 8.89. The van der Waals surface area contributed by atoms with Crippen LogP contribution in [0, 0.1) is 10.5 Å². The number of hydrogen-bond donors (Lipinski definition) is 1. The van der Waals surface area contributed by atoms with Crippen molar-refractivity contribution in [1.82, 2.24) is 4.98 Å². The molecule has 1 heterocycles. The van der Waals surface area contributed by atoms with Gasteiger partial charge in [0.2, 0.25) is 0 Å². The van der Waals surface area contributed by atoms with Gasteiger partial charge in [0, 0.05) is 3.57 Å². The van der Waals surface area contributed by atoms with Crippen molar-refractivity contribution in [3.63, 3.8) is 0 Å². The van der Waals surface area contributed by atoms with Crippen molar-refractivity contribution in [2.45, 2.75) is 6.92 Å². The van der Waals surface area contributed by atoms with Gasteiger partial charge in [-0.3, -0.25) is 4.98 Å². The van der Waals surface area contributed by atoms with E-state index < -0.39 is 11.4 Å². The molecule has 0 aliphatic carbocycles. The summed E-state index contributed by atoms with van der Waals surface area (Å²) in [6.07, 6.45) is 0. The fraction of sp³-hybridized carbons (Fsp3) is 0.200. The second-order valence-corrected chi connectivity index (χ2v) is 5.21. The van der Waals surface area contributed by atoms with Crippen LogP contribution in [-0.4, -0.2) is 12.1 Å². The number of H-pyrrole nitrogens is 1. The molecule has 0 bridgehead atoms. The molecule has 0 atom stereocenters. The normalized spacial score (nSPS) is 10.8. The Morgan fingerprint density at radius 3 is 2.65 bits per heavy atom. The van der Waals surface area contributed by atoms with Crippen molar-refractivity contribution in [3.8, 4) is 5.75 Å². The van der Waals surface area contributed by atoms with Crippen molar-refractivity contribution in [1.29, 1.82) is 0 Å². The smallest absolute Gasteiger partial charge is 0.419 e. The van der Waals surface area contributed by atoms with Gasteiger partial charge < -0.3 is 9.15 Å². The van der Waals surface area contributed by atoms with Crippen LogP contribution in [0.5, 0.6) is 5.75 Å². The zero-order valence-corrected chi connectivity index (χ0v) is 12.6. The molecule has 0 unspecified atom stereocenters. The number of aryl methyl sites for hydroxylation is 1. The van der Waals surface area contributed by atoms with E-state index in [9.17, 15) is 9.59 Å². The lowest BCUT2D eigenvalue weighted by atomic mass is 10.1. The first-order chi connectivity index (χ1) is 7.97. The molecule has 90 valence electrons. The summed E-state index contributed by atoms with van der Waals surface area (Å²) in [6.45, 7) is 1.78. The van der Waals surface area contributed by atoms with Crippen molar-refractivity contribution in [3.05, 3.63) is 34.6 Å². The lowest BCUT2D eigenvalue weighted by molar-refractivity contribution is 0.412. The van der Waals surface area contributed by atoms with E-state index in [1.54, 1.807) is 6.92 Å². The average molecular weight is 412 g/mol. The van der Waals surface area contributed by atoms with Crippen LogP contribution in [0.25, 0.3) is 10.9 Å². The maximum atomic E-state index is 11.7. The first-order valence-corrected chi connectivity index (χ1v) is 6.43. The topological polar surface area (TPSA) is 72.3 Å². The third-order valence-electron chi connectivity index (χ3n) is 2.39. The predicted octanol–water partition coefficient (Wildman–Crippen LogP) is 2.17. The summed E-state index contributed by atoms with van der Waals surface area (Å²) in [4.78, 5) is 25.4. The highest BCUT2D eigenvalue weighted by Crippen LogP contribution is 2.37. The first kappa shape index (κ1) is 12.6. The third kappa shape index (κ3) is 1.90. The number of methoxy groups -OCH3 is 1. The summed E-state index contributed by atoms with van der Waals surface area (Å²) in [6, 6.07) is 0. The fourth-order valence-electron chi connectivity index (χ4n) is 1.61. The number of aromatic amines is 1. The van der Waals surface area contributed by atoms with Crippen molar-refractivity contribution < 1.29 is 9.15 Å². The summed E-state index contributed by atoms with van der Waals surface area (Å²) >= 11 is 5.47. The number of benzene rings is 1. The van der Waals surface area contributed by atoms with Crippen LogP contribution in [0.4, 0.5) is 0 Å². The van der Waals surface area contributed by atoms with Crippen molar-refractivity contribution in [2.24, 2.45) is 0 Å². The van der Waals surface area contributed by atoms with Gasteiger partial charge in [0.25, 0.3) is 0 Å². The van der Waals surface area contributed by atoms with Crippen LogP contribution < -0.4 is 16.1 Å². The standard InChI is InChI=1S/C10H7BrINO4/c1-3-4-7(13-10(15)17-9(4)14)8(16-2)5(11)6(3)12/h1-2H3,(H,13,15). The average Bonchev–Trinajstić information content (AvgIpc) is 2.26. The summed E-state index contributed by atoms with van der Waals surface area (Å²) in [5, 5.41) is 0.328. The summed E-state index contributed by atoms with van der Waals surface area (Å²) in [7, 11) is 1.47. The molecule has 0 aliphatic rings. The number of halogens is 2. The van der Waals surface area contributed by atoms with Crippen LogP contribution in [0.15, 0.2) is 18.5 Å². The number of ether oxygens (including phenoxy) is 1. The van der Waals surface area contributed by atoms with E-state index in [4.69, 9.17) is 4.74 Å². The molecule has 2 rings (SSSR count). The lowest BCUT2D eigenvalue weighted by Crippen LogP contribution is -2.16. The fourth-order valence-corrected chi connectivity index (χ4v) is 2.79. The molecule has 0 radical (unpaired) electrons.